The Morgan fingerprint density at radius 2 is 1.67 bits per heavy atom. The van der Waals surface area contributed by atoms with Crippen LogP contribution >= 0.6 is 0 Å². The first-order chi connectivity index (χ1) is 21.8. The monoisotopic (exact) mass is 645 g/mol. The first-order valence-corrected chi connectivity index (χ1v) is 17.5. The maximum Gasteiger partial charge on any atom is 0.329 e. The molecule has 46 heavy (non-hydrogen) atoms. The van der Waals surface area contributed by atoms with Crippen molar-refractivity contribution in [1.29, 1.82) is 0 Å². The number of rotatable bonds is 3. The molecule has 10 heteroatoms. The minimum absolute atomic E-state index is 0.0276. The van der Waals surface area contributed by atoms with Gasteiger partial charge in [-0.1, -0.05) is 45.9 Å². The Hall–Kier alpha value is -2.40. The zero-order chi connectivity index (χ0) is 33.6. The topological polar surface area (TPSA) is 151 Å². The highest BCUT2D eigenvalue weighted by atomic mass is 16.6. The molecule has 0 aromatic carbocycles. The molecule has 4 aliphatic rings. The summed E-state index contributed by atoms with van der Waals surface area (Å²) in [6, 6.07) is -0.951. The summed E-state index contributed by atoms with van der Waals surface area (Å²) < 4.78 is 12.1. The van der Waals surface area contributed by atoms with Gasteiger partial charge < -0.3 is 29.7 Å². The lowest BCUT2D eigenvalue weighted by atomic mass is 9.78. The summed E-state index contributed by atoms with van der Waals surface area (Å²) in [5.74, 6) is -6.11. The molecule has 0 radical (unpaired) electrons. The summed E-state index contributed by atoms with van der Waals surface area (Å²) in [4.78, 5) is 55.2. The second-order valence-electron chi connectivity index (χ2n) is 14.5. The van der Waals surface area contributed by atoms with Crippen molar-refractivity contribution in [3.05, 3.63) is 24.3 Å². The van der Waals surface area contributed by atoms with Crippen LogP contribution in [0.5, 0.6) is 0 Å². The molecule has 3 fully saturated rings. The van der Waals surface area contributed by atoms with Crippen LogP contribution in [0.25, 0.3) is 0 Å². The van der Waals surface area contributed by atoms with Crippen molar-refractivity contribution in [3.8, 4) is 0 Å². The van der Waals surface area contributed by atoms with Crippen LogP contribution < -0.4 is 0 Å². The van der Waals surface area contributed by atoms with Gasteiger partial charge in [0, 0.05) is 18.4 Å². The number of fused-ring (bicyclic) bond motifs is 3. The number of aliphatic hydroxyl groups excluding tert-OH is 2. The first kappa shape index (κ1) is 36.4. The summed E-state index contributed by atoms with van der Waals surface area (Å²) in [7, 11) is 0. The van der Waals surface area contributed by atoms with Gasteiger partial charge in [0.25, 0.3) is 11.7 Å². The van der Waals surface area contributed by atoms with E-state index in [0.717, 1.165) is 25.7 Å². The normalized spacial score (nSPS) is 41.2. The Labute approximate surface area is 273 Å². The van der Waals surface area contributed by atoms with Crippen molar-refractivity contribution in [2.75, 3.05) is 6.54 Å². The summed E-state index contributed by atoms with van der Waals surface area (Å²) >= 11 is 0. The minimum Gasteiger partial charge on any atom is -0.461 e. The van der Waals surface area contributed by atoms with Crippen LogP contribution in [0, 0.1) is 29.6 Å². The van der Waals surface area contributed by atoms with Gasteiger partial charge in [-0.3, -0.25) is 14.4 Å². The van der Waals surface area contributed by atoms with E-state index in [1.807, 2.05) is 13.0 Å². The van der Waals surface area contributed by atoms with Crippen molar-refractivity contribution in [1.82, 2.24) is 4.90 Å². The Kier molecular flexibility index (Phi) is 12.8. The number of allylic oxidation sites excluding steroid dienone is 4. The number of carbonyl (C=O) groups is 4. The zero-order valence-corrected chi connectivity index (χ0v) is 28.0. The number of hydrogen-bond donors (Lipinski definition) is 3. The molecule has 3 heterocycles. The molecule has 1 aliphatic carbocycles. The van der Waals surface area contributed by atoms with Crippen LogP contribution in [0.15, 0.2) is 24.3 Å². The lowest BCUT2D eigenvalue weighted by molar-refractivity contribution is -0.268. The number of ketones is 2. The minimum atomic E-state index is -2.40. The smallest absolute Gasteiger partial charge is 0.329 e. The van der Waals surface area contributed by atoms with Crippen molar-refractivity contribution in [3.63, 3.8) is 0 Å². The van der Waals surface area contributed by atoms with Crippen LogP contribution in [0.1, 0.15) is 105 Å². The maximum absolute atomic E-state index is 13.7. The molecule has 258 valence electrons. The van der Waals surface area contributed by atoms with E-state index in [9.17, 15) is 34.5 Å². The third-order valence-electron chi connectivity index (χ3n) is 10.8. The van der Waals surface area contributed by atoms with E-state index in [4.69, 9.17) is 9.47 Å². The molecule has 0 aromatic heterocycles. The zero-order valence-electron chi connectivity index (χ0n) is 28.0. The third-order valence-corrected chi connectivity index (χ3v) is 10.8. The fourth-order valence-electron chi connectivity index (χ4n) is 7.56. The molecule has 10 nitrogen and oxygen atoms in total. The van der Waals surface area contributed by atoms with E-state index in [-0.39, 0.29) is 30.1 Å². The van der Waals surface area contributed by atoms with Gasteiger partial charge in [0.15, 0.2) is 5.78 Å². The molecule has 4 rings (SSSR count). The Balaban J connectivity index is 1.57. The second-order valence-corrected chi connectivity index (χ2v) is 14.5. The number of Topliss-reactive ketones (excluding diaryl/α,β-unsaturated/α-hetero) is 1. The Bertz CT molecular complexity index is 1150. The van der Waals surface area contributed by atoms with Gasteiger partial charge in [-0.25, -0.2) is 4.79 Å². The molecule has 2 bridgehead atoms. The van der Waals surface area contributed by atoms with Gasteiger partial charge >= 0.3 is 5.97 Å². The largest absolute Gasteiger partial charge is 0.461 e. The first-order valence-electron chi connectivity index (χ1n) is 17.5. The van der Waals surface area contributed by atoms with Gasteiger partial charge in [-0.05, 0) is 101 Å². The molecule has 0 unspecified atom stereocenters. The summed E-state index contributed by atoms with van der Waals surface area (Å²) in [5.41, 5.74) is 0. The molecular weight excluding hydrogens is 590 g/mol. The molecule has 3 N–H and O–H groups in total. The van der Waals surface area contributed by atoms with Crippen LogP contribution in [0.3, 0.4) is 0 Å². The second kappa shape index (κ2) is 16.1. The van der Waals surface area contributed by atoms with Gasteiger partial charge in [0.1, 0.15) is 12.1 Å². The number of cyclic esters (lactones) is 1. The van der Waals surface area contributed by atoms with E-state index in [1.54, 1.807) is 13.8 Å². The highest BCUT2D eigenvalue weighted by Crippen LogP contribution is 2.37. The van der Waals surface area contributed by atoms with Crippen LogP contribution in [-0.2, 0) is 28.7 Å². The van der Waals surface area contributed by atoms with Crippen molar-refractivity contribution < 1.29 is 44.0 Å². The molecule has 1 saturated carbocycles. The standard InChI is InChI=1S/C36H55NO9/c1-22-10-7-5-6-8-12-28(38)25(4)32-18-14-24(3)36(44,46-32)33(41)34(42)37-19-9-11-27(37)35(43)45-31(17-13-22)23(2)20-26-15-16-29(39)30(40)21-26/h7-8,10,12,22-27,29-32,39-40,44H,5-6,9,11,13-21H2,1-4H3/b10-7-,12-8-/t22-,23-,24-,25+,26+,27+,29-,30-,31+,32+,36-/m1/s1. The SMILES string of the molecule is C[C@@H]1/C=C\CC/C=C\C(=O)[C@H](C)[C@@H]2CC[C@@H](C)[C@@](O)(O2)C(=O)C(=O)N2CCC[C@H]2C(=O)O[C@H]([C@H](C)C[C@@H]2CC[C@@H](O)[C@H](O)C2)CC1. The van der Waals surface area contributed by atoms with Gasteiger partial charge in [0.2, 0.25) is 5.79 Å². The van der Waals surface area contributed by atoms with E-state index in [0.29, 0.717) is 51.4 Å². The lowest BCUT2D eigenvalue weighted by Crippen LogP contribution is -2.60. The number of esters is 1. The molecule has 3 aliphatic heterocycles. The maximum atomic E-state index is 13.7. The number of ether oxygens (including phenoxy) is 2. The summed E-state index contributed by atoms with van der Waals surface area (Å²) in [6.45, 7) is 7.70. The number of carbonyl (C=O) groups excluding carboxylic acids is 4. The van der Waals surface area contributed by atoms with Crippen molar-refractivity contribution >= 4 is 23.4 Å². The molecule has 11 atom stereocenters. The van der Waals surface area contributed by atoms with Gasteiger partial charge in [-0.2, -0.15) is 0 Å². The van der Waals surface area contributed by atoms with Crippen LogP contribution in [-0.4, -0.2) is 86.5 Å². The Morgan fingerprint density at radius 1 is 0.935 bits per heavy atom. The Morgan fingerprint density at radius 3 is 2.41 bits per heavy atom. The molecule has 1 amide bonds. The summed E-state index contributed by atoms with van der Waals surface area (Å²) in [6.07, 6.45) is 12.1. The van der Waals surface area contributed by atoms with Crippen LogP contribution in [0.2, 0.25) is 0 Å². The number of hydrogen-bond acceptors (Lipinski definition) is 9. The van der Waals surface area contributed by atoms with Gasteiger partial charge in [-0.15, -0.1) is 0 Å². The third kappa shape index (κ3) is 8.74. The molecule has 0 aromatic rings. The lowest BCUT2D eigenvalue weighted by Gasteiger charge is -2.42. The van der Waals surface area contributed by atoms with E-state index < -0.39 is 65.7 Å². The summed E-state index contributed by atoms with van der Waals surface area (Å²) in [5, 5.41) is 31.7. The fourth-order valence-corrected chi connectivity index (χ4v) is 7.56. The fraction of sp³-hybridized carbons (Fsp3) is 0.778. The average molecular weight is 646 g/mol. The average Bonchev–Trinajstić information content (AvgIpc) is 3.52. The van der Waals surface area contributed by atoms with E-state index >= 15 is 0 Å². The molecule has 0 spiro atoms. The van der Waals surface area contributed by atoms with E-state index in [2.05, 4.69) is 19.1 Å². The van der Waals surface area contributed by atoms with Crippen molar-refractivity contribution in [2.45, 2.75) is 141 Å². The number of aliphatic hydroxyl groups is 3. The number of nitrogens with zero attached hydrogens (tertiary/aromatic N) is 1. The van der Waals surface area contributed by atoms with Crippen LogP contribution in [0.4, 0.5) is 0 Å². The number of amides is 1. The molecule has 2 saturated heterocycles. The highest BCUT2D eigenvalue weighted by Gasteiger charge is 2.54. The van der Waals surface area contributed by atoms with E-state index in [1.165, 1.54) is 11.0 Å². The van der Waals surface area contributed by atoms with Crippen molar-refractivity contribution in [2.24, 2.45) is 29.6 Å². The molecular formula is C36H55NO9. The highest BCUT2D eigenvalue weighted by molar-refractivity contribution is 6.39. The predicted octanol–water partition coefficient (Wildman–Crippen LogP) is 4.04. The van der Waals surface area contributed by atoms with Gasteiger partial charge in [0.05, 0.1) is 18.3 Å². The predicted molar refractivity (Wildman–Crippen MR) is 171 cm³/mol. The quantitative estimate of drug-likeness (QED) is 0.235.